The number of amides is 2. The quantitative estimate of drug-likeness (QED) is 0.855. The van der Waals surface area contributed by atoms with Crippen LogP contribution in [0.15, 0.2) is 30.3 Å². The molecule has 2 saturated heterocycles. The van der Waals surface area contributed by atoms with E-state index in [-0.39, 0.29) is 18.6 Å². The van der Waals surface area contributed by atoms with Gasteiger partial charge in [0.15, 0.2) is 0 Å². The molecule has 2 heterocycles. The van der Waals surface area contributed by atoms with Crippen molar-refractivity contribution in [3.63, 3.8) is 0 Å². The lowest BCUT2D eigenvalue weighted by Gasteiger charge is -2.38. The summed E-state index contributed by atoms with van der Waals surface area (Å²) < 4.78 is 5.46. The summed E-state index contributed by atoms with van der Waals surface area (Å²) in [6.07, 6.45) is 4.47. The molecule has 1 aromatic rings. The summed E-state index contributed by atoms with van der Waals surface area (Å²) in [5.41, 5.74) is 0.194. The Hall–Kier alpha value is -2.04. The first kappa shape index (κ1) is 16.8. The van der Waals surface area contributed by atoms with Gasteiger partial charge in [0.25, 0.3) is 0 Å². The fourth-order valence-corrected chi connectivity index (χ4v) is 3.71. The van der Waals surface area contributed by atoms with Gasteiger partial charge < -0.3 is 9.64 Å². The number of likely N-dealkylation sites (tertiary alicyclic amines) is 2. The van der Waals surface area contributed by atoms with Crippen LogP contribution in [0, 0.1) is 0 Å². The average molecular weight is 330 g/mol. The number of hydrogen-bond donors (Lipinski definition) is 0. The molecule has 0 radical (unpaired) electrons. The van der Waals surface area contributed by atoms with Gasteiger partial charge in [-0.15, -0.1) is 0 Å². The van der Waals surface area contributed by atoms with Crippen LogP contribution in [-0.2, 0) is 16.1 Å². The smallest absolute Gasteiger partial charge is 0.410 e. The molecule has 0 aliphatic carbocycles. The zero-order chi connectivity index (χ0) is 17.0. The largest absolute Gasteiger partial charge is 0.445 e. The first-order chi connectivity index (χ1) is 11.6. The molecule has 0 spiro atoms. The van der Waals surface area contributed by atoms with Gasteiger partial charge in [0.1, 0.15) is 12.1 Å². The van der Waals surface area contributed by atoms with E-state index in [2.05, 4.69) is 0 Å². The van der Waals surface area contributed by atoms with E-state index >= 15 is 0 Å². The Bertz CT molecular complexity index is 584. The molecule has 1 aromatic carbocycles. The molecular weight excluding hydrogens is 304 g/mol. The van der Waals surface area contributed by atoms with E-state index in [4.69, 9.17) is 4.74 Å². The molecule has 0 aromatic heterocycles. The van der Waals surface area contributed by atoms with E-state index in [0.29, 0.717) is 13.0 Å². The van der Waals surface area contributed by atoms with E-state index in [9.17, 15) is 9.59 Å². The first-order valence-electron chi connectivity index (χ1n) is 8.89. The van der Waals surface area contributed by atoms with Crippen LogP contribution in [0.5, 0.6) is 0 Å². The maximum atomic E-state index is 13.0. The Balaban J connectivity index is 1.64. The van der Waals surface area contributed by atoms with Gasteiger partial charge in [0, 0.05) is 19.6 Å². The van der Waals surface area contributed by atoms with E-state index in [1.54, 1.807) is 4.90 Å². The Morgan fingerprint density at radius 3 is 2.46 bits per heavy atom. The molecule has 5 nitrogen and oxygen atoms in total. The minimum absolute atomic E-state index is 0.0800. The van der Waals surface area contributed by atoms with Gasteiger partial charge in [0.2, 0.25) is 5.91 Å². The number of hydrogen-bond acceptors (Lipinski definition) is 3. The number of carbonyl (C=O) groups is 2. The lowest BCUT2D eigenvalue weighted by Crippen LogP contribution is -2.57. The summed E-state index contributed by atoms with van der Waals surface area (Å²) in [6.45, 7) is 4.33. The van der Waals surface area contributed by atoms with Crippen molar-refractivity contribution in [3.05, 3.63) is 35.9 Å². The highest BCUT2D eigenvalue weighted by atomic mass is 16.6. The third-order valence-electron chi connectivity index (χ3n) is 5.17. The van der Waals surface area contributed by atoms with E-state index < -0.39 is 5.54 Å². The summed E-state index contributed by atoms with van der Waals surface area (Å²) in [4.78, 5) is 29.1. The first-order valence-corrected chi connectivity index (χ1v) is 8.89. The van der Waals surface area contributed by atoms with E-state index in [1.807, 2.05) is 42.2 Å². The normalized spacial score (nSPS) is 24.0. The number of benzene rings is 1. The fourth-order valence-electron chi connectivity index (χ4n) is 3.71. The van der Waals surface area contributed by atoms with Crippen LogP contribution in [0.1, 0.15) is 44.6 Å². The van der Waals surface area contributed by atoms with Crippen LogP contribution < -0.4 is 0 Å². The second-order valence-corrected chi connectivity index (χ2v) is 6.92. The summed E-state index contributed by atoms with van der Waals surface area (Å²) >= 11 is 0. The van der Waals surface area contributed by atoms with Crippen molar-refractivity contribution in [2.24, 2.45) is 0 Å². The molecule has 2 amide bonds. The summed E-state index contributed by atoms with van der Waals surface area (Å²) in [7, 11) is 0. The lowest BCUT2D eigenvalue weighted by atomic mass is 9.95. The second kappa shape index (κ2) is 7.24. The van der Waals surface area contributed by atoms with Crippen LogP contribution in [-0.4, -0.2) is 47.0 Å². The number of piperidine rings is 1. The minimum atomic E-state index is -0.759. The highest BCUT2D eigenvalue weighted by molar-refractivity contribution is 5.90. The number of carbonyl (C=O) groups excluding carboxylic acids is 2. The van der Waals surface area contributed by atoms with E-state index in [0.717, 1.165) is 37.9 Å². The molecule has 0 N–H and O–H groups in total. The Morgan fingerprint density at radius 1 is 1.04 bits per heavy atom. The summed E-state index contributed by atoms with van der Waals surface area (Å²) in [6, 6.07) is 9.62. The van der Waals surface area contributed by atoms with Crippen molar-refractivity contribution in [3.8, 4) is 0 Å². The minimum Gasteiger partial charge on any atom is -0.445 e. The predicted octanol–water partition coefficient (Wildman–Crippen LogP) is 3.19. The van der Waals surface area contributed by atoms with Crippen LogP contribution >= 0.6 is 0 Å². The van der Waals surface area contributed by atoms with Crippen LogP contribution in [0.4, 0.5) is 4.79 Å². The van der Waals surface area contributed by atoms with Gasteiger partial charge in [-0.05, 0) is 44.6 Å². The van der Waals surface area contributed by atoms with Crippen molar-refractivity contribution in [2.45, 2.75) is 51.2 Å². The molecule has 24 heavy (non-hydrogen) atoms. The Morgan fingerprint density at radius 2 is 1.75 bits per heavy atom. The van der Waals surface area contributed by atoms with Gasteiger partial charge in [-0.3, -0.25) is 9.69 Å². The maximum Gasteiger partial charge on any atom is 0.410 e. The number of ether oxygens (including phenoxy) is 1. The number of rotatable bonds is 3. The van der Waals surface area contributed by atoms with Gasteiger partial charge in [-0.2, -0.15) is 0 Å². The molecule has 3 rings (SSSR count). The molecule has 130 valence electrons. The summed E-state index contributed by atoms with van der Waals surface area (Å²) in [5, 5.41) is 0. The second-order valence-electron chi connectivity index (χ2n) is 6.92. The van der Waals surface area contributed by atoms with Crippen molar-refractivity contribution >= 4 is 12.0 Å². The third-order valence-corrected chi connectivity index (χ3v) is 5.17. The van der Waals surface area contributed by atoms with Gasteiger partial charge in [-0.1, -0.05) is 30.3 Å². The highest BCUT2D eigenvalue weighted by Gasteiger charge is 2.48. The predicted molar refractivity (Wildman–Crippen MR) is 91.4 cm³/mol. The third kappa shape index (κ3) is 3.40. The van der Waals surface area contributed by atoms with Crippen molar-refractivity contribution < 1.29 is 14.3 Å². The van der Waals surface area contributed by atoms with Crippen LogP contribution in [0.25, 0.3) is 0 Å². The van der Waals surface area contributed by atoms with Crippen LogP contribution in [0.2, 0.25) is 0 Å². The topological polar surface area (TPSA) is 49.9 Å². The highest BCUT2D eigenvalue weighted by Crippen LogP contribution is 2.32. The molecular formula is C19H26N2O3. The van der Waals surface area contributed by atoms with Crippen molar-refractivity contribution in [1.29, 1.82) is 0 Å². The molecule has 1 atom stereocenters. The van der Waals surface area contributed by atoms with Crippen molar-refractivity contribution in [2.75, 3.05) is 19.6 Å². The molecule has 0 saturated carbocycles. The SMILES string of the molecule is CC1(C(=O)N2CCCCC2)CCCN1C(=O)OCc1ccccc1. The lowest BCUT2D eigenvalue weighted by molar-refractivity contribution is -0.142. The Kier molecular flexibility index (Phi) is 5.07. The zero-order valence-electron chi connectivity index (χ0n) is 14.4. The van der Waals surface area contributed by atoms with Crippen LogP contribution in [0.3, 0.4) is 0 Å². The van der Waals surface area contributed by atoms with Gasteiger partial charge in [-0.25, -0.2) is 4.79 Å². The molecule has 2 aliphatic rings. The average Bonchev–Trinajstić information content (AvgIpc) is 3.03. The van der Waals surface area contributed by atoms with Gasteiger partial charge >= 0.3 is 6.09 Å². The van der Waals surface area contributed by atoms with Crippen molar-refractivity contribution in [1.82, 2.24) is 9.80 Å². The zero-order valence-corrected chi connectivity index (χ0v) is 14.4. The standard InChI is InChI=1S/C19H26N2O3/c1-19(17(22)20-12-6-3-7-13-20)11-8-14-21(19)18(23)24-15-16-9-4-2-5-10-16/h2,4-5,9-10H,3,6-8,11-15H2,1H3. The monoisotopic (exact) mass is 330 g/mol. The summed E-state index contributed by atoms with van der Waals surface area (Å²) in [5.74, 6) is 0.0800. The molecule has 2 fully saturated rings. The maximum absolute atomic E-state index is 13.0. The van der Waals surface area contributed by atoms with E-state index in [1.165, 1.54) is 6.42 Å². The Labute approximate surface area is 143 Å². The molecule has 5 heteroatoms. The van der Waals surface area contributed by atoms with Gasteiger partial charge in [0.05, 0.1) is 0 Å². The fraction of sp³-hybridized carbons (Fsp3) is 0.579. The number of nitrogens with zero attached hydrogens (tertiary/aromatic N) is 2. The molecule has 0 bridgehead atoms. The molecule has 1 unspecified atom stereocenters. The molecule has 2 aliphatic heterocycles.